The summed E-state index contributed by atoms with van der Waals surface area (Å²) in [6.45, 7) is 1.73. The zero-order chi connectivity index (χ0) is 14.7. The maximum absolute atomic E-state index is 12.3. The van der Waals surface area contributed by atoms with Gasteiger partial charge in [0, 0.05) is 44.8 Å². The molecule has 1 aliphatic heterocycles. The standard InChI is InChI=1S/C15H19N5O/c1-19-8-3-5-13(19)15(21)18-12-4-2-9-20(11-12)14-10-16-6-7-17-14/h3,5-8,10,12H,2,4,9,11H2,1H3,(H,18,21)/t12-/m1/s1. The summed E-state index contributed by atoms with van der Waals surface area (Å²) < 4.78 is 1.83. The lowest BCUT2D eigenvalue weighted by molar-refractivity contribution is 0.0925. The normalized spacial score (nSPS) is 18.5. The number of anilines is 1. The fraction of sp³-hybridized carbons (Fsp3) is 0.400. The van der Waals surface area contributed by atoms with E-state index >= 15 is 0 Å². The van der Waals surface area contributed by atoms with E-state index in [1.165, 1.54) is 0 Å². The molecular formula is C15H19N5O. The lowest BCUT2D eigenvalue weighted by atomic mass is 10.1. The highest BCUT2D eigenvalue weighted by atomic mass is 16.2. The maximum Gasteiger partial charge on any atom is 0.268 e. The Morgan fingerprint density at radius 3 is 3.05 bits per heavy atom. The molecule has 1 fully saturated rings. The molecule has 3 rings (SSSR count). The second-order valence-corrected chi connectivity index (χ2v) is 5.33. The number of aromatic nitrogens is 3. The summed E-state index contributed by atoms with van der Waals surface area (Å²) in [5.41, 5.74) is 0.687. The van der Waals surface area contributed by atoms with Gasteiger partial charge in [-0.15, -0.1) is 0 Å². The van der Waals surface area contributed by atoms with Crippen LogP contribution in [0.5, 0.6) is 0 Å². The first-order valence-corrected chi connectivity index (χ1v) is 7.17. The van der Waals surface area contributed by atoms with Crippen LogP contribution in [-0.2, 0) is 7.05 Å². The van der Waals surface area contributed by atoms with Gasteiger partial charge < -0.3 is 14.8 Å². The van der Waals surface area contributed by atoms with Gasteiger partial charge in [0.2, 0.25) is 0 Å². The minimum Gasteiger partial charge on any atom is -0.353 e. The van der Waals surface area contributed by atoms with Crippen molar-refractivity contribution in [3.8, 4) is 0 Å². The van der Waals surface area contributed by atoms with Crippen molar-refractivity contribution in [3.05, 3.63) is 42.6 Å². The summed E-state index contributed by atoms with van der Waals surface area (Å²) in [6, 6.07) is 3.85. The summed E-state index contributed by atoms with van der Waals surface area (Å²) in [6.07, 6.45) is 9.04. The van der Waals surface area contributed by atoms with Crippen molar-refractivity contribution >= 4 is 11.7 Å². The summed E-state index contributed by atoms with van der Waals surface area (Å²) in [5.74, 6) is 0.851. The first-order valence-electron chi connectivity index (χ1n) is 7.17. The zero-order valence-electron chi connectivity index (χ0n) is 12.1. The van der Waals surface area contributed by atoms with Crippen LogP contribution in [0.4, 0.5) is 5.82 Å². The molecule has 21 heavy (non-hydrogen) atoms. The van der Waals surface area contributed by atoms with Crippen LogP contribution in [0.3, 0.4) is 0 Å². The van der Waals surface area contributed by atoms with Crippen molar-refractivity contribution in [1.82, 2.24) is 19.9 Å². The number of hydrogen-bond donors (Lipinski definition) is 1. The first kappa shape index (κ1) is 13.6. The Morgan fingerprint density at radius 1 is 1.43 bits per heavy atom. The molecule has 0 unspecified atom stereocenters. The third-order valence-electron chi connectivity index (χ3n) is 3.81. The largest absolute Gasteiger partial charge is 0.353 e. The Hall–Kier alpha value is -2.37. The molecule has 1 N–H and O–H groups in total. The number of piperidine rings is 1. The number of rotatable bonds is 3. The summed E-state index contributed by atoms with van der Waals surface area (Å²) in [5, 5.41) is 3.11. The number of aryl methyl sites for hydroxylation is 1. The maximum atomic E-state index is 12.3. The van der Waals surface area contributed by atoms with Crippen molar-refractivity contribution in [3.63, 3.8) is 0 Å². The van der Waals surface area contributed by atoms with Crippen molar-refractivity contribution in [2.75, 3.05) is 18.0 Å². The van der Waals surface area contributed by atoms with Crippen LogP contribution in [0.15, 0.2) is 36.9 Å². The van der Waals surface area contributed by atoms with Crippen LogP contribution < -0.4 is 10.2 Å². The van der Waals surface area contributed by atoms with E-state index in [9.17, 15) is 4.79 Å². The molecule has 1 atom stereocenters. The molecule has 2 aromatic heterocycles. The predicted molar refractivity (Wildman–Crippen MR) is 80.1 cm³/mol. The Bertz CT molecular complexity index is 610. The Balaban J connectivity index is 1.64. The molecule has 110 valence electrons. The van der Waals surface area contributed by atoms with E-state index in [0.717, 1.165) is 31.7 Å². The number of carbonyl (C=O) groups is 1. The highest BCUT2D eigenvalue weighted by molar-refractivity contribution is 5.92. The number of nitrogens with zero attached hydrogens (tertiary/aromatic N) is 4. The zero-order valence-corrected chi connectivity index (χ0v) is 12.1. The average Bonchev–Trinajstić information content (AvgIpc) is 2.95. The second-order valence-electron chi connectivity index (χ2n) is 5.33. The van der Waals surface area contributed by atoms with E-state index in [0.29, 0.717) is 5.69 Å². The minimum atomic E-state index is -0.0199. The quantitative estimate of drug-likeness (QED) is 0.921. The summed E-state index contributed by atoms with van der Waals surface area (Å²) in [4.78, 5) is 22.9. The summed E-state index contributed by atoms with van der Waals surface area (Å²) in [7, 11) is 1.88. The van der Waals surface area contributed by atoms with E-state index in [1.807, 2.05) is 29.9 Å². The average molecular weight is 285 g/mol. The summed E-state index contributed by atoms with van der Waals surface area (Å²) >= 11 is 0. The van der Waals surface area contributed by atoms with Gasteiger partial charge in [0.25, 0.3) is 5.91 Å². The molecule has 2 aromatic rings. The topological polar surface area (TPSA) is 63.1 Å². The SMILES string of the molecule is Cn1cccc1C(=O)N[C@@H]1CCCN(c2cnccn2)C1. The van der Waals surface area contributed by atoms with Crippen LogP contribution in [0.1, 0.15) is 23.3 Å². The van der Waals surface area contributed by atoms with Crippen molar-refractivity contribution in [2.24, 2.45) is 7.05 Å². The highest BCUT2D eigenvalue weighted by Crippen LogP contribution is 2.16. The van der Waals surface area contributed by atoms with Gasteiger partial charge in [-0.3, -0.25) is 9.78 Å². The number of hydrogen-bond acceptors (Lipinski definition) is 4. The van der Waals surface area contributed by atoms with E-state index in [2.05, 4.69) is 20.2 Å². The van der Waals surface area contributed by atoms with Crippen molar-refractivity contribution in [2.45, 2.75) is 18.9 Å². The fourth-order valence-electron chi connectivity index (χ4n) is 2.71. The number of carbonyl (C=O) groups excluding carboxylic acids is 1. The number of nitrogens with one attached hydrogen (secondary N) is 1. The molecule has 3 heterocycles. The smallest absolute Gasteiger partial charge is 0.268 e. The van der Waals surface area contributed by atoms with Gasteiger partial charge in [0.1, 0.15) is 11.5 Å². The first-order chi connectivity index (χ1) is 10.2. The number of amides is 1. The van der Waals surface area contributed by atoms with Crippen LogP contribution in [0, 0.1) is 0 Å². The molecule has 0 bridgehead atoms. The Morgan fingerprint density at radius 2 is 2.33 bits per heavy atom. The van der Waals surface area contributed by atoms with Crippen molar-refractivity contribution in [1.29, 1.82) is 0 Å². The Labute approximate surface area is 123 Å². The van der Waals surface area contributed by atoms with E-state index in [1.54, 1.807) is 18.6 Å². The van der Waals surface area contributed by atoms with Gasteiger partial charge in [0.05, 0.1) is 6.20 Å². The van der Waals surface area contributed by atoms with Crippen LogP contribution in [0.25, 0.3) is 0 Å². The van der Waals surface area contributed by atoms with Gasteiger partial charge in [-0.05, 0) is 25.0 Å². The molecule has 6 heteroatoms. The van der Waals surface area contributed by atoms with Crippen LogP contribution in [-0.4, -0.2) is 39.6 Å². The lowest BCUT2D eigenvalue weighted by Crippen LogP contribution is -2.48. The van der Waals surface area contributed by atoms with Gasteiger partial charge in [-0.2, -0.15) is 0 Å². The van der Waals surface area contributed by atoms with Gasteiger partial charge >= 0.3 is 0 Å². The molecule has 1 saturated heterocycles. The second kappa shape index (κ2) is 5.95. The van der Waals surface area contributed by atoms with Crippen LogP contribution in [0.2, 0.25) is 0 Å². The van der Waals surface area contributed by atoms with Crippen molar-refractivity contribution < 1.29 is 4.79 Å². The molecule has 0 aromatic carbocycles. The fourth-order valence-corrected chi connectivity index (χ4v) is 2.71. The highest BCUT2D eigenvalue weighted by Gasteiger charge is 2.23. The third-order valence-corrected chi connectivity index (χ3v) is 3.81. The van der Waals surface area contributed by atoms with Gasteiger partial charge in [0.15, 0.2) is 0 Å². The minimum absolute atomic E-state index is 0.0199. The Kier molecular flexibility index (Phi) is 3.85. The van der Waals surface area contributed by atoms with E-state index in [4.69, 9.17) is 0 Å². The van der Waals surface area contributed by atoms with E-state index < -0.39 is 0 Å². The molecule has 1 amide bonds. The molecular weight excluding hydrogens is 266 g/mol. The van der Waals surface area contributed by atoms with E-state index in [-0.39, 0.29) is 11.9 Å². The van der Waals surface area contributed by atoms with Crippen LogP contribution >= 0.6 is 0 Å². The molecule has 0 spiro atoms. The molecule has 6 nitrogen and oxygen atoms in total. The molecule has 0 aliphatic carbocycles. The molecule has 0 saturated carbocycles. The molecule has 0 radical (unpaired) electrons. The molecule has 1 aliphatic rings. The monoisotopic (exact) mass is 285 g/mol. The lowest BCUT2D eigenvalue weighted by Gasteiger charge is -2.33. The third kappa shape index (κ3) is 3.04. The predicted octanol–water partition coefficient (Wildman–Crippen LogP) is 1.21. The van der Waals surface area contributed by atoms with Gasteiger partial charge in [-0.25, -0.2) is 4.98 Å². The van der Waals surface area contributed by atoms with Gasteiger partial charge in [-0.1, -0.05) is 0 Å².